The third kappa shape index (κ3) is 4.93. The summed E-state index contributed by atoms with van der Waals surface area (Å²) in [5.74, 6) is -1.01. The lowest BCUT2D eigenvalue weighted by molar-refractivity contribution is -0.147. The van der Waals surface area contributed by atoms with Crippen LogP contribution in [0.25, 0.3) is 17.0 Å². The highest BCUT2D eigenvalue weighted by Crippen LogP contribution is 2.28. The Kier molecular flexibility index (Phi) is 6.79. The Morgan fingerprint density at radius 3 is 2.45 bits per heavy atom. The molecule has 0 bridgehead atoms. The molecule has 1 N–H and O–H groups in total. The van der Waals surface area contributed by atoms with Crippen LogP contribution in [0.15, 0.2) is 48.8 Å². The summed E-state index contributed by atoms with van der Waals surface area (Å²) in [6, 6.07) is 9.88. The van der Waals surface area contributed by atoms with E-state index >= 15 is 0 Å². The van der Waals surface area contributed by atoms with Crippen molar-refractivity contribution in [1.82, 2.24) is 24.7 Å². The molecule has 2 aliphatic rings. The summed E-state index contributed by atoms with van der Waals surface area (Å²) in [6.07, 6.45) is 6.67. The number of nitrogens with zero attached hydrogens (tertiary/aromatic N) is 5. The molecule has 0 radical (unpaired) electrons. The largest absolute Gasteiger partial charge is 0.481 e. The van der Waals surface area contributed by atoms with Crippen LogP contribution in [0.4, 0.5) is 0 Å². The molecule has 2 unspecified atom stereocenters. The lowest BCUT2D eigenvalue weighted by Crippen LogP contribution is -2.51. The van der Waals surface area contributed by atoms with Gasteiger partial charge in [0.05, 0.1) is 18.6 Å². The number of carbonyl (C=O) groups excluding carboxylic acids is 2. The summed E-state index contributed by atoms with van der Waals surface area (Å²) in [4.78, 5) is 49.2. The van der Waals surface area contributed by atoms with Crippen LogP contribution in [0.2, 0.25) is 0 Å². The Balaban J connectivity index is 1.38. The average molecular weight is 450 g/mol. The number of aliphatic carboxylic acids is 1. The molecule has 0 spiro atoms. The van der Waals surface area contributed by atoms with E-state index in [0.29, 0.717) is 38.3 Å². The maximum absolute atomic E-state index is 12.9. The summed E-state index contributed by atoms with van der Waals surface area (Å²) in [5, 5.41) is 9.47. The van der Waals surface area contributed by atoms with Gasteiger partial charge >= 0.3 is 5.97 Å². The second-order valence-corrected chi connectivity index (χ2v) is 8.36. The van der Waals surface area contributed by atoms with Crippen molar-refractivity contribution in [2.45, 2.75) is 19.0 Å². The highest BCUT2D eigenvalue weighted by Gasteiger charge is 2.42. The van der Waals surface area contributed by atoms with Gasteiger partial charge in [-0.2, -0.15) is 0 Å². The van der Waals surface area contributed by atoms with Crippen molar-refractivity contribution in [1.29, 1.82) is 0 Å². The van der Waals surface area contributed by atoms with Crippen molar-refractivity contribution in [3.63, 3.8) is 0 Å². The van der Waals surface area contributed by atoms with E-state index in [1.807, 2.05) is 24.3 Å². The number of rotatable bonds is 7. The zero-order valence-electron chi connectivity index (χ0n) is 18.5. The summed E-state index contributed by atoms with van der Waals surface area (Å²) in [6.45, 7) is 1.67. The summed E-state index contributed by atoms with van der Waals surface area (Å²) in [7, 11) is 1.56. The number of amides is 2. The summed E-state index contributed by atoms with van der Waals surface area (Å²) in [5.41, 5.74) is 3.25. The molecule has 4 rings (SSSR count). The van der Waals surface area contributed by atoms with Crippen LogP contribution in [0.1, 0.15) is 18.4 Å². The number of hydrogen-bond acceptors (Lipinski definition) is 6. The van der Waals surface area contributed by atoms with Gasteiger partial charge in [-0.3, -0.25) is 19.3 Å². The van der Waals surface area contributed by atoms with Crippen molar-refractivity contribution >= 4 is 23.9 Å². The molecular weight excluding hydrogens is 422 g/mol. The van der Waals surface area contributed by atoms with Crippen LogP contribution in [0.3, 0.4) is 0 Å². The van der Waals surface area contributed by atoms with Gasteiger partial charge in [-0.05, 0) is 30.0 Å². The Labute approximate surface area is 192 Å². The minimum Gasteiger partial charge on any atom is -0.481 e. The molecular formula is C24H27N5O4. The van der Waals surface area contributed by atoms with E-state index in [4.69, 9.17) is 0 Å². The molecule has 0 saturated carbocycles. The van der Waals surface area contributed by atoms with Crippen LogP contribution in [-0.4, -0.2) is 87.5 Å². The van der Waals surface area contributed by atoms with E-state index in [-0.39, 0.29) is 12.5 Å². The number of likely N-dealkylation sites (tertiary alicyclic amines) is 1. The van der Waals surface area contributed by atoms with E-state index in [9.17, 15) is 19.5 Å². The quantitative estimate of drug-likeness (QED) is 0.640. The van der Waals surface area contributed by atoms with Gasteiger partial charge in [-0.25, -0.2) is 9.97 Å². The van der Waals surface area contributed by atoms with Gasteiger partial charge in [0, 0.05) is 44.6 Å². The normalized spacial score (nSPS) is 20.9. The number of carboxylic acids is 1. The van der Waals surface area contributed by atoms with Gasteiger partial charge in [-0.15, -0.1) is 0 Å². The predicted molar refractivity (Wildman–Crippen MR) is 122 cm³/mol. The number of hydrogen-bond donors (Lipinski definition) is 1. The Morgan fingerprint density at radius 2 is 1.85 bits per heavy atom. The molecule has 2 aromatic rings. The fourth-order valence-electron chi connectivity index (χ4n) is 4.58. The fourth-order valence-corrected chi connectivity index (χ4v) is 4.58. The van der Waals surface area contributed by atoms with E-state index < -0.39 is 18.1 Å². The molecule has 33 heavy (non-hydrogen) atoms. The smallest absolute Gasteiger partial charge is 0.310 e. The molecule has 1 aromatic carbocycles. The third-order valence-corrected chi connectivity index (χ3v) is 6.34. The average Bonchev–Trinajstić information content (AvgIpc) is 3.28. The molecule has 2 atom stereocenters. The molecule has 1 fully saturated rings. The second-order valence-electron chi connectivity index (χ2n) is 8.36. The first-order valence-corrected chi connectivity index (χ1v) is 11.0. The topological polar surface area (TPSA) is 107 Å². The highest BCUT2D eigenvalue weighted by molar-refractivity contribution is 5.80. The number of carboxylic acid groups (broad SMARTS) is 1. The Morgan fingerprint density at radius 1 is 1.15 bits per heavy atom. The second kappa shape index (κ2) is 9.91. The molecule has 3 heterocycles. The monoisotopic (exact) mass is 449 g/mol. The maximum atomic E-state index is 12.9. The molecule has 1 saturated heterocycles. The Hall–Kier alpha value is -3.59. The van der Waals surface area contributed by atoms with Crippen LogP contribution >= 0.6 is 0 Å². The minimum atomic E-state index is -0.945. The molecule has 9 nitrogen and oxygen atoms in total. The first-order chi connectivity index (χ1) is 16.0. The van der Waals surface area contributed by atoms with E-state index in [1.54, 1.807) is 35.3 Å². The lowest BCUT2D eigenvalue weighted by atomic mass is 9.98. The maximum Gasteiger partial charge on any atom is 0.310 e. The van der Waals surface area contributed by atoms with Gasteiger partial charge in [0.2, 0.25) is 12.3 Å². The lowest BCUT2D eigenvalue weighted by Gasteiger charge is -2.34. The van der Waals surface area contributed by atoms with E-state index in [2.05, 4.69) is 16.0 Å². The van der Waals surface area contributed by atoms with Gasteiger partial charge in [0.1, 0.15) is 0 Å². The van der Waals surface area contributed by atoms with Gasteiger partial charge in [-0.1, -0.05) is 30.3 Å². The standard InChI is InChI=1S/C24H27N5O4/c1-27(16-30)23-20(24(32)33)9-14-29(23)15-21(31)28-12-7-18(8-13-28)17-3-5-19(6-4-17)22-25-10-2-11-26-22/h2-7,10-11,16,20,23H,8-9,12-15H2,1H3,(H,32,33). The molecule has 9 heteroatoms. The number of aromatic nitrogens is 2. The van der Waals surface area contributed by atoms with Crippen LogP contribution < -0.4 is 0 Å². The van der Waals surface area contributed by atoms with Crippen LogP contribution in [0, 0.1) is 5.92 Å². The van der Waals surface area contributed by atoms with Crippen molar-refractivity contribution < 1.29 is 19.5 Å². The SMILES string of the molecule is CN(C=O)C1C(C(=O)O)CCN1CC(=O)N1CC=C(c2ccc(-c3ncccn3)cc2)CC1. The van der Waals surface area contributed by atoms with Gasteiger partial charge < -0.3 is 14.9 Å². The Bertz CT molecular complexity index is 1040. The zero-order chi connectivity index (χ0) is 23.4. The molecule has 172 valence electrons. The predicted octanol–water partition coefficient (Wildman–Crippen LogP) is 1.58. The van der Waals surface area contributed by atoms with Crippen LogP contribution in [-0.2, 0) is 14.4 Å². The summed E-state index contributed by atoms with van der Waals surface area (Å²) >= 11 is 0. The third-order valence-electron chi connectivity index (χ3n) is 6.34. The fraction of sp³-hybridized carbons (Fsp3) is 0.375. The zero-order valence-corrected chi connectivity index (χ0v) is 18.5. The minimum absolute atomic E-state index is 0.0581. The first-order valence-electron chi connectivity index (χ1n) is 11.0. The molecule has 2 aliphatic heterocycles. The number of carbonyl (C=O) groups is 3. The first kappa shape index (κ1) is 22.6. The number of benzene rings is 1. The van der Waals surface area contributed by atoms with Crippen molar-refractivity contribution in [2.24, 2.45) is 5.92 Å². The van der Waals surface area contributed by atoms with Crippen molar-refractivity contribution in [3.8, 4) is 11.4 Å². The van der Waals surface area contributed by atoms with Gasteiger partial charge in [0.15, 0.2) is 5.82 Å². The van der Waals surface area contributed by atoms with Gasteiger partial charge in [0.25, 0.3) is 0 Å². The molecule has 2 amide bonds. The highest BCUT2D eigenvalue weighted by atomic mass is 16.4. The van der Waals surface area contributed by atoms with Crippen LogP contribution in [0.5, 0.6) is 0 Å². The summed E-state index contributed by atoms with van der Waals surface area (Å²) < 4.78 is 0. The van der Waals surface area contributed by atoms with Crippen molar-refractivity contribution in [3.05, 3.63) is 54.4 Å². The van der Waals surface area contributed by atoms with Crippen molar-refractivity contribution in [2.75, 3.05) is 33.2 Å². The van der Waals surface area contributed by atoms with E-state index in [0.717, 1.165) is 17.5 Å². The van der Waals surface area contributed by atoms with E-state index in [1.165, 1.54) is 10.5 Å². The molecule has 1 aromatic heterocycles. The molecule has 0 aliphatic carbocycles.